The lowest BCUT2D eigenvalue weighted by atomic mass is 9.96. The molecule has 140 valence electrons. The van der Waals surface area contributed by atoms with Crippen molar-refractivity contribution in [2.24, 2.45) is 0 Å². The van der Waals surface area contributed by atoms with Crippen LogP contribution in [0, 0.1) is 10.1 Å². The average Bonchev–Trinajstić information content (AvgIpc) is 2.66. The van der Waals surface area contributed by atoms with Gasteiger partial charge < -0.3 is 0 Å². The number of nitrogens with one attached hydrogen (secondary N) is 1. The van der Waals surface area contributed by atoms with Gasteiger partial charge in [-0.05, 0) is 52.9 Å². The molecule has 0 heterocycles. The second-order valence-electron chi connectivity index (χ2n) is 6.17. The molecule has 0 amide bonds. The fraction of sp³-hybridized carbons (Fsp3) is 0.200. The number of fused-ring (bicyclic) bond motifs is 1. The summed E-state index contributed by atoms with van der Waals surface area (Å²) in [5.74, 6) is 0. The van der Waals surface area contributed by atoms with E-state index in [1.807, 2.05) is 38.1 Å². The predicted molar refractivity (Wildman–Crippen MR) is 107 cm³/mol. The van der Waals surface area contributed by atoms with E-state index in [9.17, 15) is 18.5 Å². The summed E-state index contributed by atoms with van der Waals surface area (Å²) in [6.07, 6.45) is 1.38. The Morgan fingerprint density at radius 2 is 1.67 bits per heavy atom. The van der Waals surface area contributed by atoms with Crippen LogP contribution in [0.3, 0.4) is 0 Å². The van der Waals surface area contributed by atoms with Gasteiger partial charge in [-0.1, -0.05) is 38.1 Å². The molecule has 0 aromatic heterocycles. The minimum absolute atomic E-state index is 0.0921. The molecule has 3 aromatic rings. The minimum atomic E-state index is -3.83. The molecule has 0 atom stereocenters. The van der Waals surface area contributed by atoms with Crippen LogP contribution in [0.2, 0.25) is 0 Å². The molecule has 0 unspecified atom stereocenters. The maximum atomic E-state index is 13.0. The SMILES string of the molecule is CCc1cccc2ccc(S(=O)(=O)Nc3ccc([N+](=O)[O-])cc3)c(CC)c12. The Hall–Kier alpha value is -2.93. The molecule has 0 aliphatic heterocycles. The van der Waals surface area contributed by atoms with Gasteiger partial charge in [-0.15, -0.1) is 0 Å². The molecule has 27 heavy (non-hydrogen) atoms. The third-order valence-corrected chi connectivity index (χ3v) is 6.02. The van der Waals surface area contributed by atoms with E-state index < -0.39 is 14.9 Å². The molecule has 0 saturated heterocycles. The Morgan fingerprint density at radius 1 is 0.963 bits per heavy atom. The van der Waals surface area contributed by atoms with Gasteiger partial charge in [-0.2, -0.15) is 0 Å². The second kappa shape index (κ2) is 7.36. The highest BCUT2D eigenvalue weighted by Crippen LogP contribution is 2.31. The summed E-state index contributed by atoms with van der Waals surface area (Å²) in [6, 6.07) is 14.7. The monoisotopic (exact) mass is 384 g/mol. The standard InChI is InChI=1S/C20H20N2O4S/c1-3-14-6-5-7-15-8-13-19(18(4-2)20(14)15)27(25,26)21-16-9-11-17(12-10-16)22(23)24/h5-13,21H,3-4H2,1-2H3. The molecule has 0 radical (unpaired) electrons. The third-order valence-electron chi connectivity index (χ3n) is 4.55. The summed E-state index contributed by atoms with van der Waals surface area (Å²) < 4.78 is 28.5. The van der Waals surface area contributed by atoms with Gasteiger partial charge >= 0.3 is 0 Å². The van der Waals surface area contributed by atoms with E-state index in [0.29, 0.717) is 6.42 Å². The molecule has 3 rings (SSSR count). The summed E-state index contributed by atoms with van der Waals surface area (Å²) in [4.78, 5) is 10.5. The van der Waals surface area contributed by atoms with Crippen LogP contribution in [-0.2, 0) is 22.9 Å². The number of rotatable bonds is 6. The molecule has 0 aliphatic rings. The van der Waals surface area contributed by atoms with Crippen molar-refractivity contribution < 1.29 is 13.3 Å². The molecule has 0 spiro atoms. The van der Waals surface area contributed by atoms with Crippen molar-refractivity contribution in [3.05, 3.63) is 75.8 Å². The molecule has 0 bridgehead atoms. The Morgan fingerprint density at radius 3 is 2.26 bits per heavy atom. The number of nitro groups is 1. The zero-order valence-corrected chi connectivity index (χ0v) is 15.9. The summed E-state index contributed by atoms with van der Waals surface area (Å²) >= 11 is 0. The van der Waals surface area contributed by atoms with Crippen LogP contribution >= 0.6 is 0 Å². The molecule has 3 aromatic carbocycles. The summed E-state index contributed by atoms with van der Waals surface area (Å²) in [5.41, 5.74) is 2.08. The topological polar surface area (TPSA) is 89.3 Å². The maximum absolute atomic E-state index is 13.0. The number of non-ortho nitro benzene ring substituents is 1. The average molecular weight is 384 g/mol. The number of anilines is 1. The smallest absolute Gasteiger partial charge is 0.269 e. The number of sulfonamides is 1. The number of nitrogens with zero attached hydrogens (tertiary/aromatic N) is 1. The van der Waals surface area contributed by atoms with Crippen molar-refractivity contribution in [3.63, 3.8) is 0 Å². The molecule has 6 nitrogen and oxygen atoms in total. The second-order valence-corrected chi connectivity index (χ2v) is 7.82. The van der Waals surface area contributed by atoms with Gasteiger partial charge in [0.25, 0.3) is 15.7 Å². The number of nitro benzene ring substituents is 1. The molecule has 0 saturated carbocycles. The summed E-state index contributed by atoms with van der Waals surface area (Å²) in [6.45, 7) is 3.98. The van der Waals surface area contributed by atoms with Crippen LogP contribution in [0.5, 0.6) is 0 Å². The third kappa shape index (κ3) is 3.64. The van der Waals surface area contributed by atoms with Gasteiger partial charge in [0, 0.05) is 17.8 Å². The highest BCUT2D eigenvalue weighted by molar-refractivity contribution is 7.92. The van der Waals surface area contributed by atoms with Gasteiger partial charge in [-0.3, -0.25) is 14.8 Å². The van der Waals surface area contributed by atoms with E-state index in [4.69, 9.17) is 0 Å². The lowest BCUT2D eigenvalue weighted by Crippen LogP contribution is -2.15. The zero-order valence-electron chi connectivity index (χ0n) is 15.1. The van der Waals surface area contributed by atoms with Crippen molar-refractivity contribution in [2.45, 2.75) is 31.6 Å². The van der Waals surface area contributed by atoms with Gasteiger partial charge in [-0.25, -0.2) is 8.42 Å². The summed E-state index contributed by atoms with van der Waals surface area (Å²) in [7, 11) is -3.83. The van der Waals surface area contributed by atoms with E-state index >= 15 is 0 Å². The zero-order chi connectivity index (χ0) is 19.6. The first-order valence-corrected chi connectivity index (χ1v) is 10.2. The van der Waals surface area contributed by atoms with E-state index in [-0.39, 0.29) is 16.3 Å². The van der Waals surface area contributed by atoms with Crippen molar-refractivity contribution in [1.29, 1.82) is 0 Å². The Bertz CT molecular complexity index is 1110. The van der Waals surface area contributed by atoms with Crippen molar-refractivity contribution in [1.82, 2.24) is 0 Å². The first kappa shape index (κ1) is 18.8. The first-order chi connectivity index (χ1) is 12.9. The van der Waals surface area contributed by atoms with Gasteiger partial charge in [0.15, 0.2) is 0 Å². The van der Waals surface area contributed by atoms with E-state index in [2.05, 4.69) is 4.72 Å². The molecule has 0 fully saturated rings. The predicted octanol–water partition coefficient (Wildman–Crippen LogP) is 4.67. The Kier molecular flexibility index (Phi) is 5.14. The first-order valence-electron chi connectivity index (χ1n) is 8.68. The van der Waals surface area contributed by atoms with Crippen LogP contribution in [0.4, 0.5) is 11.4 Å². The molecular formula is C20H20N2O4S. The molecular weight excluding hydrogens is 364 g/mol. The summed E-state index contributed by atoms with van der Waals surface area (Å²) in [5, 5.41) is 12.7. The quantitative estimate of drug-likeness (QED) is 0.494. The molecule has 1 N–H and O–H groups in total. The minimum Gasteiger partial charge on any atom is -0.280 e. The molecule has 0 aliphatic carbocycles. The van der Waals surface area contributed by atoms with Crippen LogP contribution in [0.1, 0.15) is 25.0 Å². The number of aryl methyl sites for hydroxylation is 2. The highest BCUT2D eigenvalue weighted by Gasteiger charge is 2.21. The van der Waals surface area contributed by atoms with Crippen LogP contribution in [0.25, 0.3) is 10.8 Å². The number of benzene rings is 3. The van der Waals surface area contributed by atoms with Gasteiger partial charge in [0.05, 0.1) is 9.82 Å². The van der Waals surface area contributed by atoms with E-state index in [0.717, 1.165) is 28.3 Å². The fourth-order valence-corrected chi connectivity index (χ4v) is 4.65. The van der Waals surface area contributed by atoms with E-state index in [1.54, 1.807) is 6.07 Å². The maximum Gasteiger partial charge on any atom is 0.269 e. The molecule has 7 heteroatoms. The Labute approximate surface area is 158 Å². The van der Waals surface area contributed by atoms with Gasteiger partial charge in [0.1, 0.15) is 0 Å². The Balaban J connectivity index is 2.08. The number of hydrogen-bond acceptors (Lipinski definition) is 4. The lowest BCUT2D eigenvalue weighted by Gasteiger charge is -2.16. The lowest BCUT2D eigenvalue weighted by molar-refractivity contribution is -0.384. The van der Waals surface area contributed by atoms with Gasteiger partial charge in [0.2, 0.25) is 0 Å². The van der Waals surface area contributed by atoms with E-state index in [1.165, 1.54) is 24.3 Å². The normalized spacial score (nSPS) is 11.5. The van der Waals surface area contributed by atoms with Crippen molar-refractivity contribution in [2.75, 3.05) is 4.72 Å². The highest BCUT2D eigenvalue weighted by atomic mass is 32.2. The number of hydrogen-bond donors (Lipinski definition) is 1. The van der Waals surface area contributed by atoms with Crippen molar-refractivity contribution in [3.8, 4) is 0 Å². The van der Waals surface area contributed by atoms with Crippen LogP contribution in [0.15, 0.2) is 59.5 Å². The van der Waals surface area contributed by atoms with Crippen LogP contribution in [-0.4, -0.2) is 13.3 Å². The van der Waals surface area contributed by atoms with Crippen LogP contribution < -0.4 is 4.72 Å². The van der Waals surface area contributed by atoms with Crippen molar-refractivity contribution >= 4 is 32.2 Å². The largest absolute Gasteiger partial charge is 0.280 e. The fourth-order valence-electron chi connectivity index (χ4n) is 3.27.